The van der Waals surface area contributed by atoms with Crippen LogP contribution in [0.25, 0.3) is 16.6 Å². The van der Waals surface area contributed by atoms with Crippen molar-refractivity contribution in [2.45, 2.75) is 26.2 Å². The molecule has 0 spiro atoms. The highest BCUT2D eigenvalue weighted by atomic mass is 15.2. The van der Waals surface area contributed by atoms with Crippen molar-refractivity contribution < 1.29 is 0 Å². The van der Waals surface area contributed by atoms with E-state index in [0.29, 0.717) is 5.82 Å². The lowest BCUT2D eigenvalue weighted by Crippen LogP contribution is -1.99. The summed E-state index contributed by atoms with van der Waals surface area (Å²) in [5, 5.41) is 4.64. The Hall–Kier alpha value is -2.10. The minimum atomic E-state index is 0.545. The summed E-state index contributed by atoms with van der Waals surface area (Å²) < 4.78 is 1.91. The predicted octanol–water partition coefficient (Wildman–Crippen LogP) is 2.81. The van der Waals surface area contributed by atoms with Gasteiger partial charge in [-0.1, -0.05) is 25.5 Å². The molecule has 0 amide bonds. The molecule has 2 aromatic heterocycles. The Kier molecular flexibility index (Phi) is 2.63. The molecule has 0 saturated carbocycles. The van der Waals surface area contributed by atoms with E-state index in [1.165, 1.54) is 6.42 Å². The van der Waals surface area contributed by atoms with E-state index in [0.717, 1.165) is 35.1 Å². The van der Waals surface area contributed by atoms with Crippen molar-refractivity contribution in [2.75, 3.05) is 5.73 Å². The Bertz CT molecular complexity index is 699. The maximum absolute atomic E-state index is 5.99. The van der Waals surface area contributed by atoms with Crippen LogP contribution in [0.1, 0.15) is 25.5 Å². The van der Waals surface area contributed by atoms with E-state index < -0.39 is 0 Å². The maximum atomic E-state index is 5.99. The van der Waals surface area contributed by atoms with Crippen molar-refractivity contribution in [3.05, 3.63) is 36.0 Å². The van der Waals surface area contributed by atoms with Crippen LogP contribution >= 0.6 is 0 Å². The van der Waals surface area contributed by atoms with Gasteiger partial charge in [0.15, 0.2) is 0 Å². The molecule has 18 heavy (non-hydrogen) atoms. The first-order valence-electron chi connectivity index (χ1n) is 6.32. The Labute approximate surface area is 105 Å². The van der Waals surface area contributed by atoms with Gasteiger partial charge in [-0.2, -0.15) is 5.10 Å². The summed E-state index contributed by atoms with van der Waals surface area (Å²) in [7, 11) is 0. The number of hydrogen-bond donors (Lipinski definition) is 1. The van der Waals surface area contributed by atoms with E-state index in [9.17, 15) is 0 Å². The van der Waals surface area contributed by atoms with Crippen LogP contribution in [0.4, 0.5) is 5.82 Å². The van der Waals surface area contributed by atoms with E-state index >= 15 is 0 Å². The molecule has 4 nitrogen and oxygen atoms in total. The van der Waals surface area contributed by atoms with Gasteiger partial charge in [0, 0.05) is 0 Å². The summed E-state index contributed by atoms with van der Waals surface area (Å²) in [5.74, 6) is 0.545. The largest absolute Gasteiger partial charge is 0.382 e. The fraction of sp³-hybridized carbons (Fsp3) is 0.286. The van der Waals surface area contributed by atoms with Crippen LogP contribution < -0.4 is 5.73 Å². The van der Waals surface area contributed by atoms with Crippen molar-refractivity contribution in [3.8, 4) is 0 Å². The topological polar surface area (TPSA) is 56.2 Å². The van der Waals surface area contributed by atoms with Gasteiger partial charge in [0.2, 0.25) is 0 Å². The fourth-order valence-electron chi connectivity index (χ4n) is 2.20. The number of nitrogen functional groups attached to an aromatic ring is 1. The van der Waals surface area contributed by atoms with Gasteiger partial charge in [-0.05, 0) is 31.0 Å². The fourth-order valence-corrected chi connectivity index (χ4v) is 2.20. The Balaban J connectivity index is 2.24. The van der Waals surface area contributed by atoms with E-state index in [1.807, 2.05) is 34.8 Å². The molecule has 2 heterocycles. The van der Waals surface area contributed by atoms with Gasteiger partial charge in [-0.3, -0.25) is 0 Å². The summed E-state index contributed by atoms with van der Waals surface area (Å²) in [6, 6.07) is 9.98. The molecule has 0 aliphatic carbocycles. The molecule has 0 aliphatic rings. The zero-order valence-corrected chi connectivity index (χ0v) is 10.4. The number of benzene rings is 1. The van der Waals surface area contributed by atoms with Crippen molar-refractivity contribution in [1.82, 2.24) is 14.6 Å². The number of nitrogens with two attached hydrogens (primary N) is 1. The Morgan fingerprint density at radius 1 is 1.22 bits per heavy atom. The van der Waals surface area contributed by atoms with Crippen molar-refractivity contribution in [2.24, 2.45) is 0 Å². The first-order chi connectivity index (χ1) is 8.79. The quantitative estimate of drug-likeness (QED) is 0.765. The van der Waals surface area contributed by atoms with Gasteiger partial charge in [0.25, 0.3) is 0 Å². The SMILES string of the molecule is CCCCc1cc2c(N)nc3ccccc3n2n1. The van der Waals surface area contributed by atoms with Gasteiger partial charge < -0.3 is 5.73 Å². The highest BCUT2D eigenvalue weighted by Crippen LogP contribution is 2.20. The number of hydrogen-bond acceptors (Lipinski definition) is 3. The van der Waals surface area contributed by atoms with Crippen LogP contribution in [-0.4, -0.2) is 14.6 Å². The molecule has 0 atom stereocenters. The van der Waals surface area contributed by atoms with E-state index in [4.69, 9.17) is 5.73 Å². The predicted molar refractivity (Wildman–Crippen MR) is 73.5 cm³/mol. The van der Waals surface area contributed by atoms with Gasteiger partial charge in [0.05, 0.1) is 16.7 Å². The van der Waals surface area contributed by atoms with Crippen molar-refractivity contribution in [3.63, 3.8) is 0 Å². The van der Waals surface area contributed by atoms with Gasteiger partial charge in [-0.15, -0.1) is 0 Å². The molecule has 0 saturated heterocycles. The number of unbranched alkanes of at least 4 members (excludes halogenated alkanes) is 1. The van der Waals surface area contributed by atoms with Gasteiger partial charge >= 0.3 is 0 Å². The number of para-hydroxylation sites is 2. The Morgan fingerprint density at radius 2 is 2.06 bits per heavy atom. The molecule has 0 unspecified atom stereocenters. The molecule has 3 rings (SSSR count). The highest BCUT2D eigenvalue weighted by Gasteiger charge is 2.09. The summed E-state index contributed by atoms with van der Waals surface area (Å²) in [4.78, 5) is 4.41. The summed E-state index contributed by atoms with van der Waals surface area (Å²) >= 11 is 0. The van der Waals surface area contributed by atoms with Crippen LogP contribution in [0.3, 0.4) is 0 Å². The third-order valence-corrected chi connectivity index (χ3v) is 3.16. The second kappa shape index (κ2) is 4.29. The van der Waals surface area contributed by atoms with E-state index in [1.54, 1.807) is 0 Å². The van der Waals surface area contributed by atoms with Crippen molar-refractivity contribution in [1.29, 1.82) is 0 Å². The first-order valence-corrected chi connectivity index (χ1v) is 6.32. The number of aromatic nitrogens is 3. The molecule has 92 valence electrons. The Morgan fingerprint density at radius 3 is 2.89 bits per heavy atom. The zero-order chi connectivity index (χ0) is 12.5. The molecule has 0 radical (unpaired) electrons. The van der Waals surface area contributed by atoms with Crippen LogP contribution in [0.15, 0.2) is 30.3 Å². The molecule has 0 aliphatic heterocycles. The van der Waals surface area contributed by atoms with Crippen molar-refractivity contribution >= 4 is 22.4 Å². The number of fused-ring (bicyclic) bond motifs is 3. The van der Waals surface area contributed by atoms with E-state index in [2.05, 4.69) is 17.0 Å². The normalized spacial score (nSPS) is 11.4. The first kappa shape index (κ1) is 11.0. The minimum absolute atomic E-state index is 0.545. The molecular formula is C14H16N4. The molecule has 0 bridgehead atoms. The molecule has 1 aromatic carbocycles. The third-order valence-electron chi connectivity index (χ3n) is 3.16. The van der Waals surface area contributed by atoms with Gasteiger partial charge in [-0.25, -0.2) is 9.50 Å². The lowest BCUT2D eigenvalue weighted by Gasteiger charge is -2.02. The molecular weight excluding hydrogens is 224 g/mol. The summed E-state index contributed by atoms with van der Waals surface area (Å²) in [5.41, 5.74) is 9.87. The van der Waals surface area contributed by atoms with Crippen LogP contribution in [0, 0.1) is 0 Å². The number of anilines is 1. The second-order valence-electron chi connectivity index (χ2n) is 4.52. The minimum Gasteiger partial charge on any atom is -0.382 e. The second-order valence-corrected chi connectivity index (χ2v) is 4.52. The van der Waals surface area contributed by atoms with E-state index in [-0.39, 0.29) is 0 Å². The lowest BCUT2D eigenvalue weighted by atomic mass is 10.2. The third kappa shape index (κ3) is 1.70. The average Bonchev–Trinajstić information content (AvgIpc) is 2.81. The maximum Gasteiger partial charge on any atom is 0.150 e. The van der Waals surface area contributed by atoms with Gasteiger partial charge in [0.1, 0.15) is 11.3 Å². The number of aryl methyl sites for hydroxylation is 1. The van der Waals surface area contributed by atoms with Crippen LogP contribution in [0.5, 0.6) is 0 Å². The highest BCUT2D eigenvalue weighted by molar-refractivity contribution is 5.83. The molecule has 4 heteroatoms. The average molecular weight is 240 g/mol. The molecule has 0 fully saturated rings. The van der Waals surface area contributed by atoms with Crippen LogP contribution in [0.2, 0.25) is 0 Å². The number of nitrogens with zero attached hydrogens (tertiary/aromatic N) is 3. The summed E-state index contributed by atoms with van der Waals surface area (Å²) in [6.07, 6.45) is 3.31. The monoisotopic (exact) mass is 240 g/mol. The smallest absolute Gasteiger partial charge is 0.150 e. The number of rotatable bonds is 3. The summed E-state index contributed by atoms with van der Waals surface area (Å²) in [6.45, 7) is 2.18. The lowest BCUT2D eigenvalue weighted by molar-refractivity contribution is 0.765. The molecule has 2 N–H and O–H groups in total. The zero-order valence-electron chi connectivity index (χ0n) is 10.4. The molecule has 3 aromatic rings. The van der Waals surface area contributed by atoms with Crippen LogP contribution in [-0.2, 0) is 6.42 Å². The standard InChI is InChI=1S/C14H16N4/c1-2-3-6-10-9-13-14(15)16-11-7-4-5-8-12(11)18(13)17-10/h4-5,7-9H,2-3,6H2,1H3,(H2,15,16).